The molecule has 0 radical (unpaired) electrons. The van der Waals surface area contributed by atoms with Gasteiger partial charge >= 0.3 is 0 Å². The third-order valence-corrected chi connectivity index (χ3v) is 18.0. The minimum Gasteiger partial charge on any atom is -0.310 e. The molecule has 2 heteroatoms. The summed E-state index contributed by atoms with van der Waals surface area (Å²) in [5.74, 6) is 0. The molecule has 0 atom stereocenters. The van der Waals surface area contributed by atoms with Gasteiger partial charge in [-0.05, 0) is 174 Å². The van der Waals surface area contributed by atoms with E-state index in [1.807, 2.05) is 0 Å². The van der Waals surface area contributed by atoms with Crippen molar-refractivity contribution in [3.63, 3.8) is 0 Å². The van der Waals surface area contributed by atoms with Gasteiger partial charge in [-0.25, -0.2) is 0 Å². The highest BCUT2D eigenvalue weighted by atomic mass is 15.2. The molecule has 0 unspecified atom stereocenters. The molecule has 0 heterocycles. The molecule has 0 spiro atoms. The van der Waals surface area contributed by atoms with E-state index in [1.54, 1.807) is 0 Å². The number of anilines is 6. The van der Waals surface area contributed by atoms with Crippen LogP contribution in [0.2, 0.25) is 0 Å². The van der Waals surface area contributed by atoms with Gasteiger partial charge in [-0.2, -0.15) is 0 Å². The highest BCUT2D eigenvalue weighted by Crippen LogP contribution is 2.59. The summed E-state index contributed by atoms with van der Waals surface area (Å²) in [6.07, 6.45) is 0. The van der Waals surface area contributed by atoms with Crippen LogP contribution in [-0.2, 0) is 10.8 Å². The number of rotatable bonds is 10. The van der Waals surface area contributed by atoms with Gasteiger partial charge in [-0.1, -0.05) is 243 Å². The van der Waals surface area contributed by atoms with Crippen molar-refractivity contribution in [2.75, 3.05) is 9.80 Å². The van der Waals surface area contributed by atoms with Crippen LogP contribution in [0.3, 0.4) is 0 Å². The van der Waals surface area contributed by atoms with Crippen molar-refractivity contribution in [1.82, 2.24) is 0 Å². The van der Waals surface area contributed by atoms with Crippen LogP contribution >= 0.6 is 0 Å². The molecule has 0 fully saturated rings. The maximum Gasteiger partial charge on any atom is 0.0714 e. The van der Waals surface area contributed by atoms with Gasteiger partial charge in [0.2, 0.25) is 0 Å². The molecule has 2 nitrogen and oxygen atoms in total. The van der Waals surface area contributed by atoms with E-state index >= 15 is 0 Å². The number of hydrogen-bond acceptors (Lipinski definition) is 2. The SMILES string of the molecule is Cc1cccc(N(c2cccc(C)c2)c2ccc3ccc4c(N(c5cccc(C6(c7ccccc7)c7ccccc7-c7ccccc76)c5)c5cccc(C6(c7ccccc7)c7ccccc7-c7ccccc76)c5)ccc5ccc2c3c54)c1. The number of aryl methyl sites for hydroxylation is 2. The van der Waals surface area contributed by atoms with Crippen LogP contribution in [0.15, 0.2) is 303 Å². The fourth-order valence-corrected chi connectivity index (χ4v) is 14.7. The average molecular weight is 1050 g/mol. The quantitative estimate of drug-likeness (QED) is 0.126. The summed E-state index contributed by atoms with van der Waals surface area (Å²) in [5.41, 5.74) is 23.1. The molecule has 2 aliphatic carbocycles. The zero-order valence-corrected chi connectivity index (χ0v) is 45.8. The number of benzene rings is 14. The van der Waals surface area contributed by atoms with Gasteiger partial charge in [0.1, 0.15) is 0 Å². The van der Waals surface area contributed by atoms with Gasteiger partial charge in [0.15, 0.2) is 0 Å². The van der Waals surface area contributed by atoms with Crippen LogP contribution in [0.4, 0.5) is 34.1 Å². The van der Waals surface area contributed by atoms with E-state index < -0.39 is 10.8 Å². The van der Waals surface area contributed by atoms with E-state index in [0.29, 0.717) is 0 Å². The molecular weight excluding hydrogens is 989 g/mol. The van der Waals surface area contributed by atoms with Gasteiger partial charge in [0.25, 0.3) is 0 Å². The van der Waals surface area contributed by atoms with Crippen molar-refractivity contribution < 1.29 is 0 Å². The molecule has 0 saturated carbocycles. The van der Waals surface area contributed by atoms with Crippen LogP contribution in [0, 0.1) is 13.8 Å². The third kappa shape index (κ3) is 6.95. The van der Waals surface area contributed by atoms with Crippen molar-refractivity contribution in [3.8, 4) is 22.3 Å². The van der Waals surface area contributed by atoms with E-state index in [4.69, 9.17) is 0 Å². The second kappa shape index (κ2) is 18.7. The number of fused-ring (bicyclic) bond motifs is 6. The summed E-state index contributed by atoms with van der Waals surface area (Å²) in [5, 5.41) is 7.32. The van der Waals surface area contributed by atoms with Gasteiger partial charge in [0, 0.05) is 33.5 Å². The van der Waals surface area contributed by atoms with Crippen molar-refractivity contribution in [2.45, 2.75) is 24.7 Å². The Kier molecular flexibility index (Phi) is 10.9. The van der Waals surface area contributed by atoms with Crippen LogP contribution in [0.5, 0.6) is 0 Å². The van der Waals surface area contributed by atoms with E-state index in [1.165, 1.54) is 110 Å². The first-order valence-electron chi connectivity index (χ1n) is 28.7. The Labute approximate surface area is 479 Å². The lowest BCUT2D eigenvalue weighted by Gasteiger charge is -2.36. The normalized spacial score (nSPS) is 13.4. The molecule has 0 aliphatic heterocycles. The van der Waals surface area contributed by atoms with Crippen molar-refractivity contribution >= 4 is 66.4 Å². The average Bonchev–Trinajstić information content (AvgIpc) is 3.39. The first kappa shape index (κ1) is 47.7. The first-order valence-corrected chi connectivity index (χ1v) is 28.7. The smallest absolute Gasteiger partial charge is 0.0714 e. The van der Waals surface area contributed by atoms with Crippen molar-refractivity contribution in [1.29, 1.82) is 0 Å². The second-order valence-electron chi connectivity index (χ2n) is 22.5. The predicted octanol–water partition coefficient (Wildman–Crippen LogP) is 20.9. The second-order valence-corrected chi connectivity index (χ2v) is 22.5. The highest BCUT2D eigenvalue weighted by molar-refractivity contribution is 6.28. The van der Waals surface area contributed by atoms with E-state index in [9.17, 15) is 0 Å². The van der Waals surface area contributed by atoms with E-state index in [2.05, 4.69) is 327 Å². The van der Waals surface area contributed by atoms with Crippen LogP contribution in [-0.4, -0.2) is 0 Å². The third-order valence-electron chi connectivity index (χ3n) is 18.0. The lowest BCUT2D eigenvalue weighted by molar-refractivity contribution is 0.767. The largest absolute Gasteiger partial charge is 0.310 e. The minimum absolute atomic E-state index is 0.591. The van der Waals surface area contributed by atoms with Crippen LogP contribution in [0.25, 0.3) is 54.6 Å². The summed E-state index contributed by atoms with van der Waals surface area (Å²) < 4.78 is 0. The highest BCUT2D eigenvalue weighted by Gasteiger charge is 2.48. The minimum atomic E-state index is -0.591. The molecule has 0 amide bonds. The maximum absolute atomic E-state index is 2.56. The zero-order chi connectivity index (χ0) is 54.5. The van der Waals surface area contributed by atoms with Gasteiger partial charge in [-0.3, -0.25) is 0 Å². The molecule has 0 N–H and O–H groups in total. The molecule has 14 aromatic rings. The lowest BCUT2D eigenvalue weighted by Crippen LogP contribution is -2.29. The summed E-state index contributed by atoms with van der Waals surface area (Å²) in [4.78, 5) is 5.00. The molecule has 0 bridgehead atoms. The van der Waals surface area contributed by atoms with E-state index in [-0.39, 0.29) is 0 Å². The fraction of sp³-hybridized carbons (Fsp3) is 0.0500. The Morgan fingerprint density at radius 2 is 0.549 bits per heavy atom. The molecule has 16 rings (SSSR count). The Bertz CT molecular complexity index is 4480. The Balaban J connectivity index is 0.978. The molecule has 0 saturated heterocycles. The Morgan fingerprint density at radius 3 is 0.915 bits per heavy atom. The lowest BCUT2D eigenvalue weighted by atomic mass is 9.67. The number of nitrogens with zero attached hydrogens (tertiary/aromatic N) is 2. The monoisotopic (exact) mass is 1040 g/mol. The first-order chi connectivity index (χ1) is 40.5. The van der Waals surface area contributed by atoms with E-state index in [0.717, 1.165) is 34.1 Å². The fourth-order valence-electron chi connectivity index (χ4n) is 14.7. The summed E-state index contributed by atoms with van der Waals surface area (Å²) >= 11 is 0. The summed E-state index contributed by atoms with van der Waals surface area (Å²) in [7, 11) is 0. The van der Waals surface area contributed by atoms with Gasteiger partial charge < -0.3 is 9.80 Å². The van der Waals surface area contributed by atoms with Gasteiger partial charge in [0.05, 0.1) is 22.2 Å². The molecule has 82 heavy (non-hydrogen) atoms. The van der Waals surface area contributed by atoms with Crippen LogP contribution in [0.1, 0.15) is 55.6 Å². The molecule has 2 aliphatic rings. The molecular formula is C80H56N2. The Morgan fingerprint density at radius 1 is 0.244 bits per heavy atom. The molecule has 14 aromatic carbocycles. The van der Waals surface area contributed by atoms with Crippen LogP contribution < -0.4 is 9.80 Å². The molecule has 0 aromatic heterocycles. The van der Waals surface area contributed by atoms with Gasteiger partial charge in [-0.15, -0.1) is 0 Å². The summed E-state index contributed by atoms with van der Waals surface area (Å²) in [6.45, 7) is 4.36. The summed E-state index contributed by atoms with van der Waals surface area (Å²) in [6, 6.07) is 114. The standard InChI is InChI=1S/C80H56N2/c1-53-21-17-29-61(49-53)81(62-30-18-22-54(2)50-62)75-47-43-55-42-46-70-76(48-44-56-41-45-69(75)77(55)78(56)70)82(63-31-19-27-59(51-63)79(57-23-5-3-6-24-57)71-37-13-9-33-65(71)66-34-10-14-38-72(66)79)64-32-20-28-60(52-64)80(58-25-7-4-8-26-58)73-39-15-11-35-67(73)68-36-12-16-40-74(68)80/h3-52H,1-2H3. The molecule has 386 valence electrons. The Hall–Kier alpha value is -10.3. The van der Waals surface area contributed by atoms with Crippen molar-refractivity contribution in [2.24, 2.45) is 0 Å². The predicted molar refractivity (Wildman–Crippen MR) is 344 cm³/mol. The topological polar surface area (TPSA) is 6.48 Å². The maximum atomic E-state index is 2.56. The van der Waals surface area contributed by atoms with Crippen molar-refractivity contribution in [3.05, 3.63) is 359 Å². The zero-order valence-electron chi connectivity index (χ0n) is 45.8. The number of hydrogen-bond donors (Lipinski definition) is 0.